The van der Waals surface area contributed by atoms with Crippen LogP contribution in [0.2, 0.25) is 0 Å². The number of amides is 1. The summed E-state index contributed by atoms with van der Waals surface area (Å²) >= 11 is 0. The van der Waals surface area contributed by atoms with Gasteiger partial charge in [-0.05, 0) is 47.4 Å². The van der Waals surface area contributed by atoms with E-state index in [1.165, 1.54) is 17.2 Å². The van der Waals surface area contributed by atoms with Crippen LogP contribution in [-0.4, -0.2) is 43.7 Å². The fourth-order valence-corrected chi connectivity index (χ4v) is 3.41. The molecule has 1 aliphatic heterocycles. The van der Waals surface area contributed by atoms with Gasteiger partial charge in [-0.1, -0.05) is 24.3 Å². The molecule has 0 spiro atoms. The highest BCUT2D eigenvalue weighted by Crippen LogP contribution is 2.29. The molecule has 1 N–H and O–H groups in total. The van der Waals surface area contributed by atoms with Crippen molar-refractivity contribution in [3.05, 3.63) is 66.2 Å². The number of nitrogens with one attached hydrogen (secondary N) is 1. The van der Waals surface area contributed by atoms with Crippen molar-refractivity contribution in [3.63, 3.8) is 0 Å². The van der Waals surface area contributed by atoms with Gasteiger partial charge in [0.2, 0.25) is 0 Å². The zero-order chi connectivity index (χ0) is 22.3. The number of carbonyl (C=O) groups excluding carboxylic acids is 1. The number of rotatable bonds is 10. The third-order valence-electron chi connectivity index (χ3n) is 5.05. The molecule has 0 unspecified atom stereocenters. The summed E-state index contributed by atoms with van der Waals surface area (Å²) in [7, 11) is 0. The highest BCUT2D eigenvalue weighted by Gasteiger charge is 2.33. The number of alkyl halides is 1. The fourth-order valence-electron chi connectivity index (χ4n) is 3.41. The lowest BCUT2D eigenvalue weighted by Gasteiger charge is -2.14. The molecule has 1 atom stereocenters. The minimum atomic E-state index is -0.560. The van der Waals surface area contributed by atoms with Gasteiger partial charge in [-0.25, -0.2) is 9.18 Å². The second kappa shape index (κ2) is 10.2. The summed E-state index contributed by atoms with van der Waals surface area (Å²) in [6.45, 7) is 1.25. The van der Waals surface area contributed by atoms with Crippen LogP contribution in [0.25, 0.3) is 11.1 Å². The monoisotopic (exact) mass is 443 g/mol. The molecule has 1 amide bonds. The number of cyclic esters (lactones) is 1. The van der Waals surface area contributed by atoms with E-state index in [1.54, 1.807) is 18.2 Å². The number of ether oxygens (including phenoxy) is 2. The highest BCUT2D eigenvalue weighted by molar-refractivity contribution is 5.90. The number of carbonyl (C=O) groups is 1. The quantitative estimate of drug-likeness (QED) is 0.470. The largest absolute Gasteiger partial charge is 0.471 e. The molecule has 4 rings (SSSR count). The maximum absolute atomic E-state index is 14.9. The van der Waals surface area contributed by atoms with Crippen molar-refractivity contribution in [3.8, 4) is 17.0 Å². The summed E-state index contributed by atoms with van der Waals surface area (Å²) in [5.41, 5.74) is 2.60. The predicted molar refractivity (Wildman–Crippen MR) is 114 cm³/mol. The van der Waals surface area contributed by atoms with E-state index in [0.29, 0.717) is 36.6 Å². The molecule has 0 bridgehead atoms. The Morgan fingerprint density at radius 3 is 2.75 bits per heavy atom. The maximum Gasteiger partial charge on any atom is 0.414 e. The van der Waals surface area contributed by atoms with E-state index in [1.807, 2.05) is 24.3 Å². The highest BCUT2D eigenvalue weighted by atomic mass is 19.1. The van der Waals surface area contributed by atoms with Crippen molar-refractivity contribution in [2.45, 2.75) is 19.1 Å². The van der Waals surface area contributed by atoms with E-state index in [0.717, 1.165) is 11.1 Å². The van der Waals surface area contributed by atoms with Crippen molar-refractivity contribution in [2.24, 2.45) is 0 Å². The number of hydrogen-bond donors (Lipinski definition) is 1. The summed E-state index contributed by atoms with van der Waals surface area (Å²) < 4.78 is 42.4. The molecular weight excluding hydrogens is 420 g/mol. The first kappa shape index (κ1) is 21.8. The van der Waals surface area contributed by atoms with Crippen LogP contribution in [0.1, 0.15) is 12.0 Å². The molecule has 7 nitrogen and oxygen atoms in total. The molecule has 2 aromatic carbocycles. The SMILES string of the molecule is O=C1O[C@@H](COc2ccon2)CN1c1ccc(-c2ccc(CNCCCF)cc2)c(F)c1. The third-order valence-corrected chi connectivity index (χ3v) is 5.05. The van der Waals surface area contributed by atoms with Gasteiger partial charge in [-0.3, -0.25) is 9.29 Å². The molecule has 1 aromatic heterocycles. The van der Waals surface area contributed by atoms with Crippen LogP contribution in [0.3, 0.4) is 0 Å². The molecular formula is C23H23F2N3O4. The standard InChI is InChI=1S/C23H23F2N3O4/c24-9-1-10-26-13-16-2-4-17(5-3-16)20-7-6-18(12-21(20)25)28-14-19(32-23(28)29)15-30-22-8-11-31-27-22/h2-8,11-12,19,26H,1,9-10,13-15H2/t19-/m1/s1. The number of benzene rings is 2. The van der Waals surface area contributed by atoms with E-state index in [4.69, 9.17) is 9.47 Å². The lowest BCUT2D eigenvalue weighted by Crippen LogP contribution is -2.26. The third kappa shape index (κ3) is 5.23. The minimum absolute atomic E-state index is 0.115. The zero-order valence-electron chi connectivity index (χ0n) is 17.3. The van der Waals surface area contributed by atoms with E-state index in [9.17, 15) is 13.6 Å². The van der Waals surface area contributed by atoms with Crippen LogP contribution in [0.15, 0.2) is 59.3 Å². The molecule has 0 aliphatic carbocycles. The van der Waals surface area contributed by atoms with Crippen LogP contribution in [0.4, 0.5) is 19.3 Å². The Balaban J connectivity index is 1.38. The molecule has 0 saturated carbocycles. The normalized spacial score (nSPS) is 15.8. The number of hydrogen-bond acceptors (Lipinski definition) is 6. The Labute approximate surface area is 183 Å². The molecule has 1 aliphatic rings. The topological polar surface area (TPSA) is 76.8 Å². The fraction of sp³-hybridized carbons (Fsp3) is 0.304. The molecule has 3 aromatic rings. The summed E-state index contributed by atoms with van der Waals surface area (Å²) in [6.07, 6.45) is 0.797. The van der Waals surface area contributed by atoms with Gasteiger partial charge in [0.25, 0.3) is 5.88 Å². The molecule has 2 heterocycles. The molecule has 9 heteroatoms. The second-order valence-electron chi connectivity index (χ2n) is 7.35. The van der Waals surface area contributed by atoms with Gasteiger partial charge in [0, 0.05) is 18.2 Å². The number of aromatic nitrogens is 1. The Morgan fingerprint density at radius 2 is 2.03 bits per heavy atom. The van der Waals surface area contributed by atoms with Gasteiger partial charge < -0.3 is 19.3 Å². The Hall–Kier alpha value is -3.46. The van der Waals surface area contributed by atoms with Gasteiger partial charge in [0.05, 0.1) is 18.9 Å². The average molecular weight is 443 g/mol. The van der Waals surface area contributed by atoms with E-state index < -0.39 is 18.0 Å². The van der Waals surface area contributed by atoms with Gasteiger partial charge in [-0.2, -0.15) is 0 Å². The van der Waals surface area contributed by atoms with Crippen LogP contribution >= 0.6 is 0 Å². The molecule has 1 saturated heterocycles. The Bertz CT molecular complexity index is 1030. The Morgan fingerprint density at radius 1 is 1.19 bits per heavy atom. The van der Waals surface area contributed by atoms with Gasteiger partial charge >= 0.3 is 6.09 Å². The van der Waals surface area contributed by atoms with Gasteiger partial charge in [0.15, 0.2) is 6.10 Å². The predicted octanol–water partition coefficient (Wildman–Crippen LogP) is 4.33. The number of nitrogens with zero attached hydrogens (tertiary/aromatic N) is 2. The van der Waals surface area contributed by atoms with Crippen molar-refractivity contribution in [1.82, 2.24) is 10.5 Å². The van der Waals surface area contributed by atoms with Crippen LogP contribution in [-0.2, 0) is 11.3 Å². The van der Waals surface area contributed by atoms with Crippen LogP contribution in [0, 0.1) is 5.82 Å². The first-order chi connectivity index (χ1) is 15.6. The van der Waals surface area contributed by atoms with Crippen molar-refractivity contribution in [1.29, 1.82) is 0 Å². The first-order valence-corrected chi connectivity index (χ1v) is 10.3. The molecule has 0 radical (unpaired) electrons. The molecule has 168 valence electrons. The molecule has 32 heavy (non-hydrogen) atoms. The van der Waals surface area contributed by atoms with E-state index in [2.05, 4.69) is 15.0 Å². The van der Waals surface area contributed by atoms with Crippen molar-refractivity contribution < 1.29 is 27.6 Å². The van der Waals surface area contributed by atoms with Crippen LogP contribution < -0.4 is 15.0 Å². The minimum Gasteiger partial charge on any atom is -0.471 e. The van der Waals surface area contributed by atoms with E-state index >= 15 is 0 Å². The molecule has 1 fully saturated rings. The van der Waals surface area contributed by atoms with Crippen molar-refractivity contribution >= 4 is 11.8 Å². The van der Waals surface area contributed by atoms with Crippen LogP contribution in [0.5, 0.6) is 5.88 Å². The average Bonchev–Trinajstić information content (AvgIpc) is 3.45. The van der Waals surface area contributed by atoms with Gasteiger partial charge in [-0.15, -0.1) is 0 Å². The first-order valence-electron chi connectivity index (χ1n) is 10.3. The smallest absolute Gasteiger partial charge is 0.414 e. The Kier molecular flexibility index (Phi) is 6.96. The summed E-state index contributed by atoms with van der Waals surface area (Å²) in [6, 6.07) is 13.7. The van der Waals surface area contributed by atoms with Crippen molar-refractivity contribution in [2.75, 3.05) is 31.3 Å². The second-order valence-corrected chi connectivity index (χ2v) is 7.35. The maximum atomic E-state index is 14.9. The van der Waals surface area contributed by atoms with Gasteiger partial charge in [0.1, 0.15) is 18.7 Å². The zero-order valence-corrected chi connectivity index (χ0v) is 17.3. The number of anilines is 1. The lowest BCUT2D eigenvalue weighted by atomic mass is 10.0. The summed E-state index contributed by atoms with van der Waals surface area (Å²) in [5.74, 6) is -0.136. The van der Waals surface area contributed by atoms with E-state index in [-0.39, 0.29) is 19.8 Å². The summed E-state index contributed by atoms with van der Waals surface area (Å²) in [4.78, 5) is 13.6. The lowest BCUT2D eigenvalue weighted by molar-refractivity contribution is 0.102. The number of halogens is 2. The summed E-state index contributed by atoms with van der Waals surface area (Å²) in [5, 5.41) is 6.79.